The zero-order chi connectivity index (χ0) is 15.3. The Bertz CT molecular complexity index is 427. The van der Waals surface area contributed by atoms with Crippen LogP contribution >= 0.6 is 11.8 Å². The Hall–Kier alpha value is -0.510. The fourth-order valence-corrected chi connectivity index (χ4v) is 3.66. The van der Waals surface area contributed by atoms with Crippen molar-refractivity contribution in [1.29, 1.82) is 0 Å². The summed E-state index contributed by atoms with van der Waals surface area (Å²) < 4.78 is 6.07. The summed E-state index contributed by atoms with van der Waals surface area (Å²) in [4.78, 5) is 1.33. The van der Waals surface area contributed by atoms with E-state index in [0.717, 1.165) is 32.3 Å². The quantitative estimate of drug-likeness (QED) is 0.763. The molecule has 2 rings (SSSR count). The summed E-state index contributed by atoms with van der Waals surface area (Å²) in [5, 5.41) is 3.81. The van der Waals surface area contributed by atoms with Gasteiger partial charge in [-0.25, -0.2) is 0 Å². The number of rotatable bonds is 6. The molecular weight excluding hydrogens is 278 g/mol. The molecule has 3 heteroatoms. The lowest BCUT2D eigenvalue weighted by atomic mass is 9.85. The SMILES string of the molecule is CCC1(CC)CC(NC(C)c2ccc(SC)cc2)CCO1. The lowest BCUT2D eigenvalue weighted by Gasteiger charge is -2.41. The minimum Gasteiger partial charge on any atom is -0.375 e. The Morgan fingerprint density at radius 3 is 2.52 bits per heavy atom. The molecule has 0 saturated carbocycles. The van der Waals surface area contributed by atoms with Gasteiger partial charge in [-0.05, 0) is 56.6 Å². The van der Waals surface area contributed by atoms with Crippen LogP contribution in [0.15, 0.2) is 29.2 Å². The van der Waals surface area contributed by atoms with E-state index >= 15 is 0 Å². The number of hydrogen-bond acceptors (Lipinski definition) is 3. The standard InChI is InChI=1S/C18H29NOS/c1-5-18(6-2)13-16(11-12-20-18)19-14(3)15-7-9-17(21-4)10-8-15/h7-10,14,16,19H,5-6,11-13H2,1-4H3. The maximum absolute atomic E-state index is 6.07. The number of benzene rings is 1. The molecule has 1 aromatic carbocycles. The summed E-state index contributed by atoms with van der Waals surface area (Å²) in [5.41, 5.74) is 1.47. The van der Waals surface area contributed by atoms with Crippen LogP contribution in [0.1, 0.15) is 58.1 Å². The van der Waals surface area contributed by atoms with Crippen LogP contribution in [0.4, 0.5) is 0 Å². The molecule has 118 valence electrons. The van der Waals surface area contributed by atoms with Gasteiger partial charge in [0.25, 0.3) is 0 Å². The number of ether oxygens (including phenoxy) is 1. The van der Waals surface area contributed by atoms with Gasteiger partial charge in [0.15, 0.2) is 0 Å². The van der Waals surface area contributed by atoms with Crippen molar-refractivity contribution in [3.8, 4) is 0 Å². The lowest BCUT2D eigenvalue weighted by Crippen LogP contribution is -2.47. The molecule has 0 aromatic heterocycles. The van der Waals surface area contributed by atoms with Gasteiger partial charge in [0.05, 0.1) is 5.60 Å². The van der Waals surface area contributed by atoms with Gasteiger partial charge in [-0.1, -0.05) is 26.0 Å². The monoisotopic (exact) mass is 307 g/mol. The van der Waals surface area contributed by atoms with Crippen LogP contribution in [0.3, 0.4) is 0 Å². The van der Waals surface area contributed by atoms with E-state index in [1.807, 2.05) is 0 Å². The molecule has 1 aromatic rings. The average Bonchev–Trinajstić information content (AvgIpc) is 2.55. The van der Waals surface area contributed by atoms with E-state index in [0.29, 0.717) is 12.1 Å². The van der Waals surface area contributed by atoms with Gasteiger partial charge in [-0.15, -0.1) is 11.8 Å². The first-order chi connectivity index (χ1) is 10.1. The highest BCUT2D eigenvalue weighted by molar-refractivity contribution is 7.98. The zero-order valence-corrected chi connectivity index (χ0v) is 14.6. The third-order valence-corrected chi connectivity index (χ3v) is 5.63. The van der Waals surface area contributed by atoms with Crippen molar-refractivity contribution >= 4 is 11.8 Å². The second-order valence-electron chi connectivity index (χ2n) is 6.09. The van der Waals surface area contributed by atoms with Crippen LogP contribution < -0.4 is 5.32 Å². The summed E-state index contributed by atoms with van der Waals surface area (Å²) in [5.74, 6) is 0. The smallest absolute Gasteiger partial charge is 0.0692 e. The van der Waals surface area contributed by atoms with Crippen LogP contribution in [-0.2, 0) is 4.74 Å². The van der Waals surface area contributed by atoms with E-state index in [-0.39, 0.29) is 5.60 Å². The Kier molecular flexibility index (Phi) is 6.15. The zero-order valence-electron chi connectivity index (χ0n) is 13.8. The van der Waals surface area contributed by atoms with Gasteiger partial charge in [0, 0.05) is 23.6 Å². The van der Waals surface area contributed by atoms with Crippen molar-refractivity contribution in [3.05, 3.63) is 29.8 Å². The van der Waals surface area contributed by atoms with E-state index in [1.165, 1.54) is 10.5 Å². The minimum atomic E-state index is 0.0956. The predicted molar refractivity (Wildman–Crippen MR) is 92.1 cm³/mol. The van der Waals surface area contributed by atoms with Crippen LogP contribution in [0.5, 0.6) is 0 Å². The van der Waals surface area contributed by atoms with Crippen molar-refractivity contribution in [3.63, 3.8) is 0 Å². The largest absolute Gasteiger partial charge is 0.375 e. The van der Waals surface area contributed by atoms with Crippen molar-refractivity contribution in [2.75, 3.05) is 12.9 Å². The van der Waals surface area contributed by atoms with Crippen LogP contribution in [0, 0.1) is 0 Å². The first kappa shape index (κ1) is 16.9. The Balaban J connectivity index is 1.96. The van der Waals surface area contributed by atoms with E-state index in [4.69, 9.17) is 4.74 Å². The second kappa shape index (κ2) is 7.66. The molecule has 0 amide bonds. The molecular formula is C18H29NOS. The second-order valence-corrected chi connectivity index (χ2v) is 6.97. The van der Waals surface area contributed by atoms with E-state index in [9.17, 15) is 0 Å². The van der Waals surface area contributed by atoms with Gasteiger partial charge in [-0.3, -0.25) is 0 Å². The predicted octanol–water partition coefficient (Wildman–Crippen LogP) is 4.80. The first-order valence-electron chi connectivity index (χ1n) is 8.16. The van der Waals surface area contributed by atoms with Crippen molar-refractivity contribution in [2.45, 2.75) is 69.0 Å². The van der Waals surface area contributed by atoms with Crippen LogP contribution in [-0.4, -0.2) is 24.5 Å². The topological polar surface area (TPSA) is 21.3 Å². The molecule has 0 bridgehead atoms. The van der Waals surface area contributed by atoms with Crippen LogP contribution in [0.2, 0.25) is 0 Å². The van der Waals surface area contributed by atoms with E-state index in [2.05, 4.69) is 56.6 Å². The molecule has 1 N–H and O–H groups in total. The Morgan fingerprint density at radius 1 is 1.29 bits per heavy atom. The van der Waals surface area contributed by atoms with E-state index < -0.39 is 0 Å². The maximum Gasteiger partial charge on any atom is 0.0692 e. The molecule has 0 aliphatic carbocycles. The van der Waals surface area contributed by atoms with Crippen molar-refractivity contribution in [1.82, 2.24) is 5.32 Å². The lowest BCUT2D eigenvalue weighted by molar-refractivity contribution is -0.0939. The average molecular weight is 308 g/mol. The molecule has 2 atom stereocenters. The Labute approximate surface area is 134 Å². The first-order valence-corrected chi connectivity index (χ1v) is 9.39. The van der Waals surface area contributed by atoms with Gasteiger partial charge < -0.3 is 10.1 Å². The summed E-state index contributed by atoms with van der Waals surface area (Å²) in [7, 11) is 0. The molecule has 1 aliphatic heterocycles. The molecule has 2 unspecified atom stereocenters. The minimum absolute atomic E-state index is 0.0956. The third-order valence-electron chi connectivity index (χ3n) is 4.88. The molecule has 2 nitrogen and oxygen atoms in total. The fraction of sp³-hybridized carbons (Fsp3) is 0.667. The van der Waals surface area contributed by atoms with Crippen molar-refractivity contribution in [2.24, 2.45) is 0 Å². The number of thioether (sulfide) groups is 1. The summed E-state index contributed by atoms with van der Waals surface area (Å²) in [6.07, 6.45) is 6.59. The van der Waals surface area contributed by atoms with Gasteiger partial charge >= 0.3 is 0 Å². The highest BCUT2D eigenvalue weighted by Gasteiger charge is 2.34. The number of hydrogen-bond donors (Lipinski definition) is 1. The molecule has 1 saturated heterocycles. The van der Waals surface area contributed by atoms with Gasteiger partial charge in [0.2, 0.25) is 0 Å². The molecule has 1 fully saturated rings. The summed E-state index contributed by atoms with van der Waals surface area (Å²) >= 11 is 1.79. The maximum atomic E-state index is 6.07. The Morgan fingerprint density at radius 2 is 1.95 bits per heavy atom. The van der Waals surface area contributed by atoms with E-state index in [1.54, 1.807) is 11.8 Å². The normalized spacial score (nSPS) is 23.0. The molecule has 0 spiro atoms. The molecule has 1 aliphatic rings. The summed E-state index contributed by atoms with van der Waals surface area (Å²) in [6.45, 7) is 7.65. The fourth-order valence-electron chi connectivity index (χ4n) is 3.26. The number of nitrogens with one attached hydrogen (secondary N) is 1. The van der Waals surface area contributed by atoms with Crippen molar-refractivity contribution < 1.29 is 4.74 Å². The van der Waals surface area contributed by atoms with Gasteiger partial charge in [0.1, 0.15) is 0 Å². The summed E-state index contributed by atoms with van der Waals surface area (Å²) in [6, 6.07) is 9.88. The van der Waals surface area contributed by atoms with Crippen LogP contribution in [0.25, 0.3) is 0 Å². The molecule has 1 heterocycles. The third kappa shape index (κ3) is 4.24. The highest BCUT2D eigenvalue weighted by atomic mass is 32.2. The molecule has 21 heavy (non-hydrogen) atoms. The van der Waals surface area contributed by atoms with Gasteiger partial charge in [-0.2, -0.15) is 0 Å². The molecule has 0 radical (unpaired) electrons. The highest BCUT2D eigenvalue weighted by Crippen LogP contribution is 2.32.